The van der Waals surface area contributed by atoms with E-state index in [0.29, 0.717) is 19.4 Å². The van der Waals surface area contributed by atoms with Gasteiger partial charge < -0.3 is 15.1 Å². The topological polar surface area (TPSA) is 52.6 Å². The molecule has 1 aliphatic heterocycles. The van der Waals surface area contributed by atoms with E-state index in [9.17, 15) is 9.59 Å². The summed E-state index contributed by atoms with van der Waals surface area (Å²) < 4.78 is 0. The van der Waals surface area contributed by atoms with E-state index in [4.69, 9.17) is 0 Å². The number of benzene rings is 1. The van der Waals surface area contributed by atoms with Crippen LogP contribution in [0.2, 0.25) is 0 Å². The van der Waals surface area contributed by atoms with E-state index in [-0.39, 0.29) is 17.2 Å². The maximum Gasteiger partial charge on any atom is 0.224 e. The molecule has 1 aliphatic rings. The molecule has 0 aromatic heterocycles. The number of carbonyl (C=O) groups excluding carboxylic acids is 2. The number of rotatable bonds is 8. The van der Waals surface area contributed by atoms with Gasteiger partial charge in [-0.1, -0.05) is 52.0 Å². The fourth-order valence-corrected chi connectivity index (χ4v) is 3.49. The Kier molecular flexibility index (Phi) is 8.49. The zero-order valence-electron chi connectivity index (χ0n) is 18.1. The minimum atomic E-state index is 0.0370. The van der Waals surface area contributed by atoms with Gasteiger partial charge in [-0.15, -0.1) is 0 Å². The van der Waals surface area contributed by atoms with E-state index >= 15 is 0 Å². The summed E-state index contributed by atoms with van der Waals surface area (Å²) in [5.74, 6) is 0.185. The second-order valence-corrected chi connectivity index (χ2v) is 8.72. The van der Waals surface area contributed by atoms with Crippen LogP contribution in [0.15, 0.2) is 24.3 Å². The Morgan fingerprint density at radius 1 is 1.00 bits per heavy atom. The van der Waals surface area contributed by atoms with E-state index in [0.717, 1.165) is 45.6 Å². The number of amides is 2. The van der Waals surface area contributed by atoms with Crippen molar-refractivity contribution in [3.63, 3.8) is 0 Å². The minimum absolute atomic E-state index is 0.0370. The maximum absolute atomic E-state index is 12.2. The summed E-state index contributed by atoms with van der Waals surface area (Å²) in [7, 11) is 0. The molecule has 1 aromatic rings. The summed E-state index contributed by atoms with van der Waals surface area (Å²) in [6.07, 6.45) is 2.63. The van der Waals surface area contributed by atoms with Gasteiger partial charge in [0.05, 0.1) is 0 Å². The van der Waals surface area contributed by atoms with Gasteiger partial charge in [0.15, 0.2) is 0 Å². The molecule has 28 heavy (non-hydrogen) atoms. The lowest BCUT2D eigenvalue weighted by Gasteiger charge is -2.34. The largest absolute Gasteiger partial charge is 0.356 e. The third-order valence-electron chi connectivity index (χ3n) is 5.52. The average Bonchev–Trinajstić information content (AvgIpc) is 2.67. The van der Waals surface area contributed by atoms with Gasteiger partial charge in [-0.05, 0) is 35.9 Å². The first-order chi connectivity index (χ1) is 13.3. The minimum Gasteiger partial charge on any atom is -0.356 e. The lowest BCUT2D eigenvalue weighted by Crippen LogP contribution is -2.49. The first kappa shape index (κ1) is 22.4. The van der Waals surface area contributed by atoms with Gasteiger partial charge in [0, 0.05) is 45.6 Å². The van der Waals surface area contributed by atoms with E-state index in [2.05, 4.69) is 62.2 Å². The fraction of sp³-hybridized carbons (Fsp3) is 0.652. The molecule has 1 saturated heterocycles. The Balaban J connectivity index is 1.59. The molecule has 0 spiro atoms. The van der Waals surface area contributed by atoms with Crippen molar-refractivity contribution in [2.75, 3.05) is 39.3 Å². The zero-order chi connectivity index (χ0) is 20.6. The molecule has 0 aliphatic carbocycles. The van der Waals surface area contributed by atoms with Gasteiger partial charge >= 0.3 is 0 Å². The summed E-state index contributed by atoms with van der Waals surface area (Å²) in [5, 5.41) is 2.89. The van der Waals surface area contributed by atoms with Gasteiger partial charge in [-0.3, -0.25) is 9.59 Å². The number of likely N-dealkylation sites (N-methyl/N-ethyl adjacent to an activating group) is 1. The monoisotopic (exact) mass is 387 g/mol. The van der Waals surface area contributed by atoms with Crippen LogP contribution in [0.25, 0.3) is 0 Å². The molecule has 5 heteroatoms. The number of aryl methyl sites for hydroxylation is 1. The van der Waals surface area contributed by atoms with Crippen molar-refractivity contribution in [1.29, 1.82) is 0 Å². The highest BCUT2D eigenvalue weighted by atomic mass is 16.2. The summed E-state index contributed by atoms with van der Waals surface area (Å²) in [5.41, 5.74) is 2.76. The molecule has 5 nitrogen and oxygen atoms in total. The first-order valence-electron chi connectivity index (χ1n) is 10.7. The molecule has 0 radical (unpaired) electrons. The van der Waals surface area contributed by atoms with Gasteiger partial charge in [0.2, 0.25) is 11.8 Å². The van der Waals surface area contributed by atoms with Crippen molar-refractivity contribution in [3.05, 3.63) is 35.4 Å². The molecule has 1 heterocycles. The standard InChI is InChI=1S/C23H37N3O2/c1-5-25-15-17-26(18-16-25)22(28)13-14-24-21(27)8-6-7-19-9-11-20(12-10-19)23(2,3)4/h9-12H,5-8,13-18H2,1-4H3,(H,24,27). The van der Waals surface area contributed by atoms with Crippen LogP contribution in [-0.4, -0.2) is 60.9 Å². The molecule has 0 unspecified atom stereocenters. The highest BCUT2D eigenvalue weighted by Crippen LogP contribution is 2.22. The third-order valence-corrected chi connectivity index (χ3v) is 5.52. The molecule has 0 saturated carbocycles. The quantitative estimate of drug-likeness (QED) is 0.746. The van der Waals surface area contributed by atoms with Crippen molar-refractivity contribution in [1.82, 2.24) is 15.1 Å². The lowest BCUT2D eigenvalue weighted by molar-refractivity contribution is -0.132. The summed E-state index contributed by atoms with van der Waals surface area (Å²) in [6.45, 7) is 13.8. The Morgan fingerprint density at radius 2 is 1.64 bits per heavy atom. The molecule has 2 rings (SSSR count). The van der Waals surface area contributed by atoms with E-state index in [1.165, 1.54) is 11.1 Å². The van der Waals surface area contributed by atoms with Crippen LogP contribution in [0, 0.1) is 0 Å². The second-order valence-electron chi connectivity index (χ2n) is 8.72. The van der Waals surface area contributed by atoms with Crippen molar-refractivity contribution < 1.29 is 9.59 Å². The molecule has 1 aromatic carbocycles. The molecule has 1 N–H and O–H groups in total. The van der Waals surface area contributed by atoms with Crippen molar-refractivity contribution in [2.24, 2.45) is 0 Å². The molecular formula is C23H37N3O2. The molecule has 1 fully saturated rings. The highest BCUT2D eigenvalue weighted by molar-refractivity contribution is 5.79. The second kappa shape index (κ2) is 10.6. The van der Waals surface area contributed by atoms with Gasteiger partial charge in [0.1, 0.15) is 0 Å². The number of nitrogens with one attached hydrogen (secondary N) is 1. The van der Waals surface area contributed by atoms with Crippen molar-refractivity contribution in [3.8, 4) is 0 Å². The molecular weight excluding hydrogens is 350 g/mol. The Morgan fingerprint density at radius 3 is 2.21 bits per heavy atom. The average molecular weight is 388 g/mol. The first-order valence-corrected chi connectivity index (χ1v) is 10.7. The van der Waals surface area contributed by atoms with E-state index < -0.39 is 0 Å². The van der Waals surface area contributed by atoms with Crippen LogP contribution in [0.5, 0.6) is 0 Å². The number of carbonyl (C=O) groups is 2. The molecule has 2 amide bonds. The van der Waals surface area contributed by atoms with Gasteiger partial charge in [0.25, 0.3) is 0 Å². The van der Waals surface area contributed by atoms with Crippen LogP contribution in [0.4, 0.5) is 0 Å². The molecule has 0 atom stereocenters. The maximum atomic E-state index is 12.2. The number of hydrogen-bond acceptors (Lipinski definition) is 3. The normalized spacial score (nSPS) is 15.5. The highest BCUT2D eigenvalue weighted by Gasteiger charge is 2.19. The Labute approximate surface area is 170 Å². The van der Waals surface area contributed by atoms with E-state index in [1.54, 1.807) is 0 Å². The molecule has 156 valence electrons. The van der Waals surface area contributed by atoms with Crippen LogP contribution in [0.1, 0.15) is 58.1 Å². The summed E-state index contributed by atoms with van der Waals surface area (Å²) in [4.78, 5) is 28.5. The molecule has 0 bridgehead atoms. The summed E-state index contributed by atoms with van der Waals surface area (Å²) >= 11 is 0. The Bertz CT molecular complexity index is 626. The number of nitrogens with zero attached hydrogens (tertiary/aromatic N) is 2. The SMILES string of the molecule is CCN1CCN(C(=O)CCNC(=O)CCCc2ccc(C(C)(C)C)cc2)CC1. The van der Waals surface area contributed by atoms with Crippen LogP contribution >= 0.6 is 0 Å². The predicted molar refractivity (Wildman–Crippen MR) is 114 cm³/mol. The predicted octanol–water partition coefficient (Wildman–Crippen LogP) is 2.98. The number of piperazine rings is 1. The fourth-order valence-electron chi connectivity index (χ4n) is 3.49. The summed E-state index contributed by atoms with van der Waals surface area (Å²) in [6, 6.07) is 8.69. The lowest BCUT2D eigenvalue weighted by atomic mass is 9.86. The van der Waals surface area contributed by atoms with E-state index in [1.807, 2.05) is 4.90 Å². The number of hydrogen-bond donors (Lipinski definition) is 1. The van der Waals surface area contributed by atoms with Crippen LogP contribution in [-0.2, 0) is 21.4 Å². The van der Waals surface area contributed by atoms with Crippen molar-refractivity contribution in [2.45, 2.75) is 58.8 Å². The van der Waals surface area contributed by atoms with Crippen molar-refractivity contribution >= 4 is 11.8 Å². The van der Waals surface area contributed by atoms with Crippen LogP contribution < -0.4 is 5.32 Å². The third kappa shape index (κ3) is 7.27. The zero-order valence-corrected chi connectivity index (χ0v) is 18.1. The van der Waals surface area contributed by atoms with Gasteiger partial charge in [-0.2, -0.15) is 0 Å². The smallest absolute Gasteiger partial charge is 0.224 e. The van der Waals surface area contributed by atoms with Gasteiger partial charge in [-0.25, -0.2) is 0 Å². The van der Waals surface area contributed by atoms with Crippen LogP contribution in [0.3, 0.4) is 0 Å². The Hall–Kier alpha value is -1.88.